The number of hydrogen-bond donors (Lipinski definition) is 1. The lowest BCUT2D eigenvalue weighted by Gasteiger charge is -2.19. The Morgan fingerprint density at radius 1 is 1.52 bits per heavy atom. The zero-order valence-corrected chi connectivity index (χ0v) is 12.0. The number of aliphatic carboxylic acids is 1. The average molecular weight is 298 g/mol. The summed E-state index contributed by atoms with van der Waals surface area (Å²) in [5, 5.41) is 19.4. The van der Waals surface area contributed by atoms with Crippen molar-refractivity contribution < 1.29 is 19.6 Å². The molecule has 1 rings (SSSR count). The molecule has 1 aromatic rings. The van der Waals surface area contributed by atoms with Crippen LogP contribution in [0.4, 0.5) is 5.82 Å². The van der Waals surface area contributed by atoms with Gasteiger partial charge in [-0.05, 0) is 16.3 Å². The van der Waals surface area contributed by atoms with E-state index in [1.165, 1.54) is 15.7 Å². The van der Waals surface area contributed by atoms with Crippen molar-refractivity contribution in [1.82, 2.24) is 14.5 Å². The number of amides is 1. The van der Waals surface area contributed by atoms with Gasteiger partial charge in [0.1, 0.15) is 12.7 Å². The third kappa shape index (κ3) is 4.86. The topological polar surface area (TPSA) is 119 Å². The minimum atomic E-state index is -1.06. The van der Waals surface area contributed by atoms with Crippen LogP contribution in [-0.2, 0) is 16.1 Å². The molecule has 0 aliphatic rings. The fourth-order valence-corrected chi connectivity index (χ4v) is 1.91. The highest BCUT2D eigenvalue weighted by atomic mass is 16.6. The van der Waals surface area contributed by atoms with Gasteiger partial charge < -0.3 is 24.7 Å². The van der Waals surface area contributed by atoms with E-state index in [0.717, 1.165) is 0 Å². The summed E-state index contributed by atoms with van der Waals surface area (Å²) in [6.45, 7) is 3.72. The zero-order chi connectivity index (χ0) is 16.0. The van der Waals surface area contributed by atoms with Crippen molar-refractivity contribution >= 4 is 17.7 Å². The van der Waals surface area contributed by atoms with Crippen LogP contribution in [0.25, 0.3) is 0 Å². The predicted molar refractivity (Wildman–Crippen MR) is 72.7 cm³/mol. The van der Waals surface area contributed by atoms with E-state index in [0.29, 0.717) is 18.8 Å². The molecule has 0 atom stereocenters. The average Bonchev–Trinajstić information content (AvgIpc) is 2.76. The number of carboxylic acid groups (broad SMARTS) is 1. The van der Waals surface area contributed by atoms with Gasteiger partial charge in [0.25, 0.3) is 0 Å². The van der Waals surface area contributed by atoms with Gasteiger partial charge in [-0.15, -0.1) is 0 Å². The van der Waals surface area contributed by atoms with Crippen LogP contribution in [0, 0.1) is 17.0 Å². The third-order valence-electron chi connectivity index (χ3n) is 2.89. The molecule has 0 fully saturated rings. The van der Waals surface area contributed by atoms with Gasteiger partial charge in [0.2, 0.25) is 11.7 Å². The van der Waals surface area contributed by atoms with Crippen molar-refractivity contribution in [3.63, 3.8) is 0 Å². The lowest BCUT2D eigenvalue weighted by molar-refractivity contribution is -0.389. The van der Waals surface area contributed by atoms with Crippen LogP contribution in [0.1, 0.15) is 25.6 Å². The third-order valence-corrected chi connectivity index (χ3v) is 2.89. The number of carbonyl (C=O) groups is 2. The zero-order valence-electron chi connectivity index (χ0n) is 12.0. The first-order valence-corrected chi connectivity index (χ1v) is 6.52. The van der Waals surface area contributed by atoms with Crippen LogP contribution >= 0.6 is 0 Å². The number of rotatable bonds is 8. The van der Waals surface area contributed by atoms with Crippen LogP contribution < -0.4 is 0 Å². The summed E-state index contributed by atoms with van der Waals surface area (Å²) in [6, 6.07) is 0. The van der Waals surface area contributed by atoms with Gasteiger partial charge in [-0.3, -0.25) is 9.59 Å². The molecular weight excluding hydrogens is 280 g/mol. The second-order valence-electron chi connectivity index (χ2n) is 4.56. The Morgan fingerprint density at radius 2 is 2.19 bits per heavy atom. The van der Waals surface area contributed by atoms with Crippen molar-refractivity contribution in [2.75, 3.05) is 13.1 Å². The Balaban J connectivity index is 2.66. The molecule has 1 aromatic heterocycles. The molecule has 1 amide bonds. The molecule has 116 valence electrons. The molecule has 21 heavy (non-hydrogen) atoms. The lowest BCUT2D eigenvalue weighted by Crippen LogP contribution is -2.36. The Hall–Kier alpha value is -2.45. The molecule has 0 unspecified atom stereocenters. The molecule has 0 radical (unpaired) electrons. The smallest absolute Gasteiger partial charge is 0.381 e. The predicted octanol–water partition coefficient (Wildman–Crippen LogP) is 0.813. The van der Waals surface area contributed by atoms with Crippen LogP contribution in [0.3, 0.4) is 0 Å². The van der Waals surface area contributed by atoms with Crippen molar-refractivity contribution in [2.24, 2.45) is 0 Å². The second kappa shape index (κ2) is 7.36. The fraction of sp³-hybridized carbons (Fsp3) is 0.583. The summed E-state index contributed by atoms with van der Waals surface area (Å²) in [7, 11) is 0. The Morgan fingerprint density at radius 3 is 2.67 bits per heavy atom. The highest BCUT2D eigenvalue weighted by Crippen LogP contribution is 2.11. The van der Waals surface area contributed by atoms with Crippen molar-refractivity contribution in [1.29, 1.82) is 0 Å². The van der Waals surface area contributed by atoms with Crippen molar-refractivity contribution in [2.45, 2.75) is 33.2 Å². The monoisotopic (exact) mass is 298 g/mol. The maximum absolute atomic E-state index is 12.0. The van der Waals surface area contributed by atoms with Crippen LogP contribution in [0.2, 0.25) is 0 Å². The number of imidazole rings is 1. The highest BCUT2D eigenvalue weighted by molar-refractivity contribution is 5.81. The van der Waals surface area contributed by atoms with Gasteiger partial charge in [0.05, 0.1) is 0 Å². The largest absolute Gasteiger partial charge is 0.480 e. The van der Waals surface area contributed by atoms with Crippen LogP contribution in [0.5, 0.6) is 0 Å². The molecule has 0 aromatic carbocycles. The van der Waals surface area contributed by atoms with E-state index in [9.17, 15) is 19.7 Å². The first-order chi connectivity index (χ1) is 9.85. The summed E-state index contributed by atoms with van der Waals surface area (Å²) in [6.07, 6.45) is 2.00. The Labute approximate surface area is 121 Å². The van der Waals surface area contributed by atoms with E-state index < -0.39 is 10.9 Å². The molecule has 1 heterocycles. The van der Waals surface area contributed by atoms with E-state index in [2.05, 4.69) is 4.98 Å². The Bertz CT molecular complexity index is 540. The van der Waals surface area contributed by atoms with Gasteiger partial charge in [-0.2, -0.15) is 0 Å². The van der Waals surface area contributed by atoms with E-state index in [1.807, 2.05) is 6.92 Å². The number of hydrogen-bond acceptors (Lipinski definition) is 5. The van der Waals surface area contributed by atoms with Gasteiger partial charge in [0, 0.05) is 26.4 Å². The summed E-state index contributed by atoms with van der Waals surface area (Å²) >= 11 is 0. The molecular formula is C12H18N4O5. The second-order valence-corrected chi connectivity index (χ2v) is 4.56. The quantitative estimate of drug-likeness (QED) is 0.560. The molecule has 0 saturated carbocycles. The van der Waals surface area contributed by atoms with Gasteiger partial charge in [0.15, 0.2) is 0 Å². The van der Waals surface area contributed by atoms with Crippen LogP contribution in [-0.4, -0.2) is 49.4 Å². The molecule has 0 bridgehead atoms. The normalized spacial score (nSPS) is 10.4. The molecule has 0 spiro atoms. The molecule has 9 nitrogen and oxygen atoms in total. The molecule has 0 aliphatic heterocycles. The summed E-state index contributed by atoms with van der Waals surface area (Å²) in [5.74, 6) is -1.19. The van der Waals surface area contributed by atoms with E-state index in [1.54, 1.807) is 6.92 Å². The summed E-state index contributed by atoms with van der Waals surface area (Å²) in [4.78, 5) is 37.7. The van der Waals surface area contributed by atoms with Gasteiger partial charge in [-0.1, -0.05) is 6.92 Å². The lowest BCUT2D eigenvalue weighted by atomic mass is 10.3. The van der Waals surface area contributed by atoms with Crippen molar-refractivity contribution in [3.05, 3.63) is 22.1 Å². The Kier molecular flexibility index (Phi) is 5.82. The number of aromatic nitrogens is 2. The number of nitrogens with zero attached hydrogens (tertiary/aromatic N) is 4. The molecule has 1 N–H and O–H groups in total. The minimum Gasteiger partial charge on any atom is -0.480 e. The first kappa shape index (κ1) is 16.6. The maximum Gasteiger partial charge on any atom is 0.381 e. The van der Waals surface area contributed by atoms with Gasteiger partial charge >= 0.3 is 11.8 Å². The SMILES string of the molecule is CCCN(CC(=O)O)C(=O)CCn1cc([N+](=O)[O-])nc1C. The minimum absolute atomic E-state index is 0.0711. The standard InChI is InChI=1S/C12H18N4O5/c1-3-5-15(8-12(18)19)11(17)4-6-14-7-10(16(20)21)13-9(14)2/h7H,3-6,8H2,1-2H3,(H,18,19). The number of carbonyl (C=O) groups excluding carboxylic acids is 1. The summed E-state index contributed by atoms with van der Waals surface area (Å²) < 4.78 is 1.51. The van der Waals surface area contributed by atoms with Crippen molar-refractivity contribution in [3.8, 4) is 0 Å². The van der Waals surface area contributed by atoms with E-state index in [-0.39, 0.29) is 31.2 Å². The number of aryl methyl sites for hydroxylation is 2. The van der Waals surface area contributed by atoms with E-state index in [4.69, 9.17) is 5.11 Å². The van der Waals surface area contributed by atoms with E-state index >= 15 is 0 Å². The number of nitro groups is 1. The molecule has 0 aliphatic carbocycles. The summed E-state index contributed by atoms with van der Waals surface area (Å²) in [5.41, 5.74) is 0. The number of carboxylic acids is 1. The molecule has 0 saturated heterocycles. The highest BCUT2D eigenvalue weighted by Gasteiger charge is 2.18. The van der Waals surface area contributed by atoms with Crippen LogP contribution in [0.15, 0.2) is 6.20 Å². The van der Waals surface area contributed by atoms with Gasteiger partial charge in [-0.25, -0.2) is 0 Å². The fourth-order valence-electron chi connectivity index (χ4n) is 1.91. The molecule has 9 heteroatoms. The first-order valence-electron chi connectivity index (χ1n) is 6.52. The maximum atomic E-state index is 12.0.